The molecule has 21 heavy (non-hydrogen) atoms. The van der Waals surface area contributed by atoms with Gasteiger partial charge in [0, 0.05) is 24.3 Å². The zero-order chi connectivity index (χ0) is 16.1. The van der Waals surface area contributed by atoms with Crippen molar-refractivity contribution >= 4 is 15.7 Å². The van der Waals surface area contributed by atoms with Crippen molar-refractivity contribution in [1.82, 2.24) is 5.32 Å². The van der Waals surface area contributed by atoms with Gasteiger partial charge in [0.2, 0.25) is 5.91 Å². The maximum atomic E-state index is 12.0. The standard InChI is InChI=1S/C15H24N2O3S/c1-15(2,9-10-21(3,19)20)17-14(18)11-13(16)12-7-5-4-6-8-12/h4-8,13H,9-11,16H2,1-3H3,(H,17,18). The van der Waals surface area contributed by atoms with Gasteiger partial charge >= 0.3 is 0 Å². The molecule has 6 heteroatoms. The van der Waals surface area contributed by atoms with Gasteiger partial charge in [-0.3, -0.25) is 4.79 Å². The van der Waals surface area contributed by atoms with E-state index in [1.165, 1.54) is 6.26 Å². The third-order valence-electron chi connectivity index (χ3n) is 3.21. The Bertz CT molecular complexity index is 568. The Morgan fingerprint density at radius 2 is 1.86 bits per heavy atom. The number of amides is 1. The molecule has 3 N–H and O–H groups in total. The highest BCUT2D eigenvalue weighted by Crippen LogP contribution is 2.15. The molecule has 0 radical (unpaired) electrons. The number of sulfone groups is 1. The molecule has 0 aliphatic rings. The summed E-state index contributed by atoms with van der Waals surface area (Å²) in [6.07, 6.45) is 1.74. The fourth-order valence-electron chi connectivity index (χ4n) is 1.95. The SMILES string of the molecule is CC(C)(CCS(C)(=O)=O)NC(=O)CC(N)c1ccccc1. The summed E-state index contributed by atoms with van der Waals surface area (Å²) < 4.78 is 22.4. The Balaban J connectivity index is 2.52. The zero-order valence-corrected chi connectivity index (χ0v) is 13.6. The number of hydrogen-bond donors (Lipinski definition) is 2. The molecule has 0 heterocycles. The van der Waals surface area contributed by atoms with Crippen LogP contribution in [0.15, 0.2) is 30.3 Å². The third-order valence-corrected chi connectivity index (χ3v) is 4.15. The molecule has 1 amide bonds. The van der Waals surface area contributed by atoms with E-state index in [4.69, 9.17) is 5.73 Å². The summed E-state index contributed by atoms with van der Waals surface area (Å²) in [7, 11) is -3.04. The lowest BCUT2D eigenvalue weighted by Gasteiger charge is -2.26. The molecule has 0 spiro atoms. The first-order chi connectivity index (χ1) is 9.59. The molecule has 1 aromatic carbocycles. The molecule has 0 aromatic heterocycles. The first-order valence-electron chi connectivity index (χ1n) is 6.88. The molecule has 0 bridgehead atoms. The molecule has 1 unspecified atom stereocenters. The Labute approximate surface area is 126 Å². The number of rotatable bonds is 7. The van der Waals surface area contributed by atoms with Crippen LogP contribution in [0, 0.1) is 0 Å². The van der Waals surface area contributed by atoms with E-state index >= 15 is 0 Å². The van der Waals surface area contributed by atoms with Crippen LogP contribution in [0.3, 0.4) is 0 Å². The molecule has 0 aliphatic carbocycles. The van der Waals surface area contributed by atoms with Gasteiger partial charge in [-0.2, -0.15) is 0 Å². The highest BCUT2D eigenvalue weighted by molar-refractivity contribution is 7.90. The molecule has 0 saturated heterocycles. The maximum absolute atomic E-state index is 12.0. The van der Waals surface area contributed by atoms with Crippen LogP contribution in [0.1, 0.15) is 38.3 Å². The van der Waals surface area contributed by atoms with E-state index in [1.807, 2.05) is 44.2 Å². The lowest BCUT2D eigenvalue weighted by atomic mass is 10.00. The van der Waals surface area contributed by atoms with Crippen molar-refractivity contribution in [3.63, 3.8) is 0 Å². The number of nitrogens with one attached hydrogen (secondary N) is 1. The summed E-state index contributed by atoms with van der Waals surface area (Å²) >= 11 is 0. The molecule has 0 saturated carbocycles. The van der Waals surface area contributed by atoms with E-state index < -0.39 is 15.4 Å². The molecule has 0 fully saturated rings. The Morgan fingerprint density at radius 1 is 1.29 bits per heavy atom. The average molecular weight is 312 g/mol. The molecular weight excluding hydrogens is 288 g/mol. The van der Waals surface area contributed by atoms with Gasteiger partial charge in [-0.1, -0.05) is 30.3 Å². The molecule has 1 aromatic rings. The predicted octanol–water partition coefficient (Wildman–Crippen LogP) is 1.41. The quantitative estimate of drug-likeness (QED) is 0.796. The second kappa shape index (κ2) is 7.04. The van der Waals surface area contributed by atoms with Crippen molar-refractivity contribution in [3.8, 4) is 0 Å². The van der Waals surface area contributed by atoms with Gasteiger partial charge in [0.25, 0.3) is 0 Å². The summed E-state index contributed by atoms with van der Waals surface area (Å²) in [5.74, 6) is -0.129. The normalized spacial score (nSPS) is 13.7. The van der Waals surface area contributed by atoms with Gasteiger partial charge in [-0.25, -0.2) is 8.42 Å². The summed E-state index contributed by atoms with van der Waals surface area (Å²) in [4.78, 5) is 12.0. The molecule has 1 rings (SSSR count). The smallest absolute Gasteiger partial charge is 0.222 e. The van der Waals surface area contributed by atoms with Crippen molar-refractivity contribution in [2.75, 3.05) is 12.0 Å². The van der Waals surface area contributed by atoms with E-state index in [0.717, 1.165) is 5.56 Å². The minimum Gasteiger partial charge on any atom is -0.351 e. The molecule has 118 valence electrons. The van der Waals surface area contributed by atoms with Gasteiger partial charge in [-0.05, 0) is 25.8 Å². The molecule has 1 atom stereocenters. The van der Waals surface area contributed by atoms with Crippen LogP contribution in [-0.2, 0) is 14.6 Å². The van der Waals surface area contributed by atoms with Crippen LogP contribution in [0.25, 0.3) is 0 Å². The first kappa shape index (κ1) is 17.7. The van der Waals surface area contributed by atoms with Crippen molar-refractivity contribution in [2.45, 2.75) is 38.3 Å². The Hall–Kier alpha value is -1.40. The van der Waals surface area contributed by atoms with Gasteiger partial charge in [-0.15, -0.1) is 0 Å². The number of nitrogens with two attached hydrogens (primary N) is 1. The number of benzene rings is 1. The lowest BCUT2D eigenvalue weighted by molar-refractivity contribution is -0.123. The van der Waals surface area contributed by atoms with Crippen LogP contribution < -0.4 is 11.1 Å². The second-order valence-corrected chi connectivity index (χ2v) is 8.29. The monoisotopic (exact) mass is 312 g/mol. The number of hydrogen-bond acceptors (Lipinski definition) is 4. The summed E-state index contributed by atoms with van der Waals surface area (Å²) in [6, 6.07) is 9.05. The van der Waals surface area contributed by atoms with Gasteiger partial charge in [0.1, 0.15) is 9.84 Å². The van der Waals surface area contributed by atoms with Crippen LogP contribution in [-0.4, -0.2) is 31.9 Å². The van der Waals surface area contributed by atoms with Crippen molar-refractivity contribution in [1.29, 1.82) is 0 Å². The summed E-state index contributed by atoms with van der Waals surface area (Å²) in [6.45, 7) is 3.62. The minimum absolute atomic E-state index is 0.0466. The van der Waals surface area contributed by atoms with Gasteiger partial charge in [0.15, 0.2) is 0 Å². The van der Waals surface area contributed by atoms with Gasteiger partial charge < -0.3 is 11.1 Å². The molecular formula is C15H24N2O3S. The highest BCUT2D eigenvalue weighted by Gasteiger charge is 2.23. The molecule has 5 nitrogen and oxygen atoms in total. The second-order valence-electron chi connectivity index (χ2n) is 6.03. The minimum atomic E-state index is -3.04. The summed E-state index contributed by atoms with van der Waals surface area (Å²) in [5, 5.41) is 2.85. The maximum Gasteiger partial charge on any atom is 0.222 e. The van der Waals surface area contributed by atoms with Crippen molar-refractivity contribution in [2.24, 2.45) is 5.73 Å². The first-order valence-corrected chi connectivity index (χ1v) is 8.94. The van der Waals surface area contributed by atoms with Crippen LogP contribution in [0.5, 0.6) is 0 Å². The van der Waals surface area contributed by atoms with E-state index in [2.05, 4.69) is 5.32 Å². The number of carbonyl (C=O) groups excluding carboxylic acids is 1. The van der Waals surface area contributed by atoms with Crippen LogP contribution in [0.4, 0.5) is 0 Å². The van der Waals surface area contributed by atoms with E-state index in [1.54, 1.807) is 0 Å². The number of carbonyl (C=O) groups is 1. The lowest BCUT2D eigenvalue weighted by Crippen LogP contribution is -2.45. The van der Waals surface area contributed by atoms with Crippen LogP contribution in [0.2, 0.25) is 0 Å². The fourth-order valence-corrected chi connectivity index (χ4v) is 2.83. The van der Waals surface area contributed by atoms with Gasteiger partial charge in [0.05, 0.1) is 5.75 Å². The highest BCUT2D eigenvalue weighted by atomic mass is 32.2. The van der Waals surface area contributed by atoms with E-state index in [-0.39, 0.29) is 24.1 Å². The van der Waals surface area contributed by atoms with Crippen molar-refractivity contribution in [3.05, 3.63) is 35.9 Å². The Kier molecular flexibility index (Phi) is 5.92. The Morgan fingerprint density at radius 3 is 2.38 bits per heavy atom. The molecule has 0 aliphatic heterocycles. The third kappa shape index (κ3) is 7.24. The van der Waals surface area contributed by atoms with E-state index in [9.17, 15) is 13.2 Å². The van der Waals surface area contributed by atoms with E-state index in [0.29, 0.717) is 6.42 Å². The topological polar surface area (TPSA) is 89.3 Å². The van der Waals surface area contributed by atoms with Crippen LogP contribution >= 0.6 is 0 Å². The fraction of sp³-hybridized carbons (Fsp3) is 0.533. The van der Waals surface area contributed by atoms with Crippen molar-refractivity contribution < 1.29 is 13.2 Å². The predicted molar refractivity (Wildman–Crippen MR) is 84.5 cm³/mol. The summed E-state index contributed by atoms with van der Waals surface area (Å²) in [5.41, 5.74) is 6.33. The largest absolute Gasteiger partial charge is 0.351 e. The average Bonchev–Trinajstić information content (AvgIpc) is 2.36. The zero-order valence-electron chi connectivity index (χ0n) is 12.8.